The van der Waals surface area contributed by atoms with Gasteiger partial charge in [0.25, 0.3) is 0 Å². The van der Waals surface area contributed by atoms with Gasteiger partial charge in [-0.2, -0.15) is 5.10 Å². The first-order valence-corrected chi connectivity index (χ1v) is 5.27. The van der Waals surface area contributed by atoms with Crippen LogP contribution >= 0.6 is 0 Å². The minimum atomic E-state index is 0.737. The molecule has 6 heteroatoms. The van der Waals surface area contributed by atoms with Crippen molar-refractivity contribution in [2.45, 2.75) is 13.0 Å². The Morgan fingerprint density at radius 3 is 2.75 bits per heavy atom. The van der Waals surface area contributed by atoms with Crippen LogP contribution in [-0.4, -0.2) is 30.9 Å². The molecule has 0 radical (unpaired) electrons. The highest BCUT2D eigenvalue weighted by Crippen LogP contribution is 1.95. The number of nitrogens with zero attached hydrogens (tertiary/aromatic N) is 5. The standard InChI is InChI=1S/C10H16N6/c1-15-6-5-12-9(15)3-4-11-7-10-13-8-14-16(10)2/h5-6,8,11H,3-4,7H2,1-2H3. The van der Waals surface area contributed by atoms with E-state index in [1.807, 2.05) is 31.1 Å². The van der Waals surface area contributed by atoms with Crippen LogP contribution in [0.15, 0.2) is 18.7 Å². The first-order valence-electron chi connectivity index (χ1n) is 5.27. The smallest absolute Gasteiger partial charge is 0.140 e. The Morgan fingerprint density at radius 2 is 2.12 bits per heavy atom. The quantitative estimate of drug-likeness (QED) is 0.714. The predicted octanol–water partition coefficient (Wildman–Crippen LogP) is -0.119. The minimum Gasteiger partial charge on any atom is -0.338 e. The molecule has 0 bridgehead atoms. The molecule has 2 rings (SSSR count). The molecule has 86 valence electrons. The highest BCUT2D eigenvalue weighted by Gasteiger charge is 2.01. The molecule has 0 atom stereocenters. The third-order valence-corrected chi connectivity index (χ3v) is 2.53. The Hall–Kier alpha value is -1.69. The third kappa shape index (κ3) is 2.46. The van der Waals surface area contributed by atoms with Gasteiger partial charge in [0.1, 0.15) is 18.0 Å². The zero-order chi connectivity index (χ0) is 11.4. The molecule has 2 aromatic heterocycles. The van der Waals surface area contributed by atoms with Gasteiger partial charge in [0.2, 0.25) is 0 Å². The van der Waals surface area contributed by atoms with E-state index in [0.717, 1.165) is 31.2 Å². The molecule has 0 aliphatic carbocycles. The van der Waals surface area contributed by atoms with Crippen LogP contribution in [0.5, 0.6) is 0 Å². The first-order chi connectivity index (χ1) is 7.77. The molecule has 0 saturated heterocycles. The molecule has 1 N–H and O–H groups in total. The van der Waals surface area contributed by atoms with Gasteiger partial charge in [-0.3, -0.25) is 4.68 Å². The van der Waals surface area contributed by atoms with Crippen LogP contribution in [0.3, 0.4) is 0 Å². The van der Waals surface area contributed by atoms with Gasteiger partial charge in [-0.05, 0) is 0 Å². The van der Waals surface area contributed by atoms with Gasteiger partial charge in [0.15, 0.2) is 0 Å². The Bertz CT molecular complexity index is 401. The summed E-state index contributed by atoms with van der Waals surface area (Å²) in [5, 5.41) is 7.33. The van der Waals surface area contributed by atoms with E-state index in [1.54, 1.807) is 11.0 Å². The molecule has 0 fully saturated rings. The van der Waals surface area contributed by atoms with Crippen LogP contribution in [0.25, 0.3) is 0 Å². The molecule has 0 aromatic carbocycles. The van der Waals surface area contributed by atoms with E-state index in [1.165, 1.54) is 0 Å². The van der Waals surface area contributed by atoms with Crippen molar-refractivity contribution in [3.8, 4) is 0 Å². The Morgan fingerprint density at radius 1 is 1.25 bits per heavy atom. The van der Waals surface area contributed by atoms with Crippen molar-refractivity contribution in [2.24, 2.45) is 14.1 Å². The molecule has 0 unspecified atom stereocenters. The average molecular weight is 220 g/mol. The van der Waals surface area contributed by atoms with Crippen LogP contribution in [0.4, 0.5) is 0 Å². The van der Waals surface area contributed by atoms with E-state index in [2.05, 4.69) is 20.4 Å². The first kappa shape index (κ1) is 10.8. The summed E-state index contributed by atoms with van der Waals surface area (Å²) in [6.45, 7) is 1.62. The highest BCUT2D eigenvalue weighted by molar-refractivity contribution is 4.92. The fraction of sp³-hybridized carbons (Fsp3) is 0.500. The van der Waals surface area contributed by atoms with E-state index >= 15 is 0 Å². The van der Waals surface area contributed by atoms with Crippen molar-refractivity contribution in [1.29, 1.82) is 0 Å². The molecule has 0 saturated carbocycles. The maximum absolute atomic E-state index is 4.26. The van der Waals surface area contributed by atoms with Crippen molar-refractivity contribution in [1.82, 2.24) is 29.6 Å². The van der Waals surface area contributed by atoms with Crippen molar-refractivity contribution in [3.63, 3.8) is 0 Å². The van der Waals surface area contributed by atoms with Crippen LogP contribution < -0.4 is 5.32 Å². The number of hydrogen-bond acceptors (Lipinski definition) is 4. The number of hydrogen-bond donors (Lipinski definition) is 1. The largest absolute Gasteiger partial charge is 0.338 e. The lowest BCUT2D eigenvalue weighted by Gasteiger charge is -2.04. The summed E-state index contributed by atoms with van der Waals surface area (Å²) in [5.41, 5.74) is 0. The van der Waals surface area contributed by atoms with E-state index < -0.39 is 0 Å². The van der Waals surface area contributed by atoms with Crippen LogP contribution in [-0.2, 0) is 27.1 Å². The highest BCUT2D eigenvalue weighted by atomic mass is 15.3. The number of imidazole rings is 1. The predicted molar refractivity (Wildman–Crippen MR) is 59.6 cm³/mol. The minimum absolute atomic E-state index is 0.737. The van der Waals surface area contributed by atoms with Crippen molar-refractivity contribution < 1.29 is 0 Å². The average Bonchev–Trinajstić information content (AvgIpc) is 2.84. The lowest BCUT2D eigenvalue weighted by atomic mass is 10.4. The Balaban J connectivity index is 1.74. The Kier molecular flexibility index (Phi) is 3.31. The summed E-state index contributed by atoms with van der Waals surface area (Å²) >= 11 is 0. The summed E-state index contributed by atoms with van der Waals surface area (Å²) in [7, 11) is 3.90. The SMILES string of the molecule is Cn1ccnc1CCNCc1ncnn1C. The molecule has 16 heavy (non-hydrogen) atoms. The van der Waals surface area contributed by atoms with Crippen molar-refractivity contribution in [2.75, 3.05) is 6.54 Å². The molecule has 0 aliphatic heterocycles. The van der Waals surface area contributed by atoms with Crippen LogP contribution in [0.1, 0.15) is 11.6 Å². The van der Waals surface area contributed by atoms with Gasteiger partial charge in [-0.25, -0.2) is 9.97 Å². The van der Waals surface area contributed by atoms with Gasteiger partial charge in [-0.1, -0.05) is 0 Å². The molecule has 2 aromatic rings. The number of aryl methyl sites for hydroxylation is 2. The molecule has 6 nitrogen and oxygen atoms in total. The summed E-state index contributed by atoms with van der Waals surface area (Å²) in [6.07, 6.45) is 6.26. The van der Waals surface area contributed by atoms with E-state index in [4.69, 9.17) is 0 Å². The summed E-state index contributed by atoms with van der Waals surface area (Å²) in [4.78, 5) is 8.39. The van der Waals surface area contributed by atoms with E-state index in [0.29, 0.717) is 0 Å². The van der Waals surface area contributed by atoms with E-state index in [9.17, 15) is 0 Å². The second kappa shape index (κ2) is 4.89. The lowest BCUT2D eigenvalue weighted by Crippen LogP contribution is -2.20. The number of rotatable bonds is 5. The van der Waals surface area contributed by atoms with Crippen LogP contribution in [0.2, 0.25) is 0 Å². The van der Waals surface area contributed by atoms with E-state index in [-0.39, 0.29) is 0 Å². The molecule has 0 amide bonds. The normalized spacial score (nSPS) is 10.9. The topological polar surface area (TPSA) is 60.6 Å². The maximum Gasteiger partial charge on any atom is 0.140 e. The summed E-state index contributed by atoms with van der Waals surface area (Å²) in [5.74, 6) is 2.03. The third-order valence-electron chi connectivity index (χ3n) is 2.53. The summed E-state index contributed by atoms with van der Waals surface area (Å²) < 4.78 is 3.80. The van der Waals surface area contributed by atoms with Gasteiger partial charge in [0, 0.05) is 39.5 Å². The zero-order valence-electron chi connectivity index (χ0n) is 9.59. The number of nitrogens with one attached hydrogen (secondary N) is 1. The fourth-order valence-electron chi connectivity index (χ4n) is 1.52. The molecule has 0 aliphatic rings. The van der Waals surface area contributed by atoms with Gasteiger partial charge >= 0.3 is 0 Å². The van der Waals surface area contributed by atoms with Crippen molar-refractivity contribution >= 4 is 0 Å². The second-order valence-corrected chi connectivity index (χ2v) is 3.68. The molecular formula is C10H16N6. The fourth-order valence-corrected chi connectivity index (χ4v) is 1.52. The molecule has 2 heterocycles. The zero-order valence-corrected chi connectivity index (χ0v) is 9.59. The lowest BCUT2D eigenvalue weighted by molar-refractivity contribution is 0.602. The van der Waals surface area contributed by atoms with Crippen molar-refractivity contribution in [3.05, 3.63) is 30.4 Å². The number of aromatic nitrogens is 5. The monoisotopic (exact) mass is 220 g/mol. The Labute approximate surface area is 94.3 Å². The molecular weight excluding hydrogens is 204 g/mol. The van der Waals surface area contributed by atoms with Gasteiger partial charge in [-0.15, -0.1) is 0 Å². The van der Waals surface area contributed by atoms with Crippen LogP contribution in [0, 0.1) is 0 Å². The maximum atomic E-state index is 4.26. The summed E-state index contributed by atoms with van der Waals surface area (Å²) in [6, 6.07) is 0. The van der Waals surface area contributed by atoms with Gasteiger partial charge < -0.3 is 9.88 Å². The molecule has 0 spiro atoms. The van der Waals surface area contributed by atoms with Gasteiger partial charge in [0.05, 0.1) is 6.54 Å². The second-order valence-electron chi connectivity index (χ2n) is 3.68.